The van der Waals surface area contributed by atoms with E-state index in [9.17, 15) is 18.0 Å². The van der Waals surface area contributed by atoms with Crippen molar-refractivity contribution < 1.29 is 22.6 Å². The van der Waals surface area contributed by atoms with Crippen LogP contribution in [0.3, 0.4) is 0 Å². The summed E-state index contributed by atoms with van der Waals surface area (Å²) in [7, 11) is 0. The molecule has 12 heteroatoms. The van der Waals surface area contributed by atoms with Crippen molar-refractivity contribution in [3.8, 4) is 5.69 Å². The minimum absolute atomic E-state index is 0. The van der Waals surface area contributed by atoms with Crippen LogP contribution in [0.2, 0.25) is 0 Å². The van der Waals surface area contributed by atoms with Crippen molar-refractivity contribution in [2.75, 3.05) is 37.8 Å². The molecular weight excluding hydrogens is 558 g/mol. The maximum Gasteiger partial charge on any atom is 0.435 e. The molecule has 0 spiro atoms. The molecule has 6 nitrogen and oxygen atoms in total. The lowest BCUT2D eigenvalue weighted by molar-refractivity contribution is -0.949. The number of piperidine rings is 1. The molecule has 2 aromatic rings. The van der Waals surface area contributed by atoms with Crippen molar-refractivity contribution in [1.82, 2.24) is 19.7 Å². The van der Waals surface area contributed by atoms with Gasteiger partial charge in [-0.1, -0.05) is 18.2 Å². The van der Waals surface area contributed by atoms with Crippen molar-refractivity contribution in [2.45, 2.75) is 24.9 Å². The van der Waals surface area contributed by atoms with E-state index in [4.69, 9.17) is 0 Å². The Hall–Kier alpha value is -2.24. The zero-order valence-corrected chi connectivity index (χ0v) is 23.0. The maximum atomic E-state index is 13.6. The number of aromatic nitrogens is 2. The summed E-state index contributed by atoms with van der Waals surface area (Å²) in [5, 5.41) is 6.29. The zero-order chi connectivity index (χ0) is 24.9. The number of rotatable bonds is 4. The van der Waals surface area contributed by atoms with Crippen LogP contribution in [0.4, 0.5) is 13.2 Å². The van der Waals surface area contributed by atoms with Crippen LogP contribution in [-0.4, -0.2) is 68.0 Å². The summed E-state index contributed by atoms with van der Waals surface area (Å²) < 4.78 is 42.6. The molecule has 5 heterocycles. The Kier molecular flexibility index (Phi) is 8.40. The van der Waals surface area contributed by atoms with Gasteiger partial charge in [-0.15, -0.1) is 41.6 Å². The number of alkyl halides is 3. The van der Waals surface area contributed by atoms with Gasteiger partial charge in [0.05, 0.1) is 17.1 Å². The number of amides is 1. The third-order valence-corrected chi connectivity index (χ3v) is 8.48. The normalized spacial score (nSPS) is 23.5. The van der Waals surface area contributed by atoms with E-state index in [1.807, 2.05) is 23.1 Å². The van der Waals surface area contributed by atoms with Crippen LogP contribution < -0.4 is 0 Å². The monoisotopic (exact) mass is 586 g/mol. The summed E-state index contributed by atoms with van der Waals surface area (Å²) in [5.41, 5.74) is 2.28. The van der Waals surface area contributed by atoms with Gasteiger partial charge in [-0.05, 0) is 37.1 Å². The van der Waals surface area contributed by atoms with Gasteiger partial charge in [0.25, 0.3) is 5.91 Å². The Morgan fingerprint density at radius 1 is 1.08 bits per heavy atom. The molecule has 1 atom stereocenters. The minimum atomic E-state index is -4.49. The molecule has 1 aromatic carbocycles. The van der Waals surface area contributed by atoms with E-state index in [2.05, 4.69) is 22.4 Å². The van der Waals surface area contributed by atoms with Gasteiger partial charge in [0.2, 0.25) is 0 Å². The fourth-order valence-corrected chi connectivity index (χ4v) is 6.62. The number of quaternary nitrogens is 1. The Bertz CT molecular complexity index is 1270. The second-order valence-electron chi connectivity index (χ2n) is 9.62. The van der Waals surface area contributed by atoms with Gasteiger partial charge in [0, 0.05) is 49.2 Å². The van der Waals surface area contributed by atoms with Crippen molar-refractivity contribution >= 4 is 42.5 Å². The van der Waals surface area contributed by atoms with E-state index in [-0.39, 0.29) is 36.6 Å². The van der Waals surface area contributed by atoms with E-state index in [1.165, 1.54) is 10.7 Å². The molecular formula is C26H29Cl2F3N5OS+. The van der Waals surface area contributed by atoms with E-state index in [1.54, 1.807) is 36.0 Å². The van der Waals surface area contributed by atoms with Crippen molar-refractivity contribution in [1.29, 1.82) is 0 Å². The predicted octanol–water partition coefficient (Wildman–Crippen LogP) is 5.53. The van der Waals surface area contributed by atoms with E-state index < -0.39 is 11.9 Å². The molecule has 1 amide bonds. The second kappa shape index (κ2) is 11.1. The highest BCUT2D eigenvalue weighted by Crippen LogP contribution is 2.41. The first-order chi connectivity index (χ1) is 17.3. The van der Waals surface area contributed by atoms with Crippen LogP contribution in [-0.2, 0) is 11.0 Å². The lowest BCUT2D eigenvalue weighted by Crippen LogP contribution is -2.56. The van der Waals surface area contributed by atoms with Gasteiger partial charge in [-0.25, -0.2) is 4.68 Å². The number of carbonyl (C=O) groups is 1. The molecule has 0 N–H and O–H groups in total. The third kappa shape index (κ3) is 5.04. The van der Waals surface area contributed by atoms with Gasteiger partial charge < -0.3 is 4.90 Å². The molecule has 4 aliphatic heterocycles. The van der Waals surface area contributed by atoms with Crippen LogP contribution >= 0.6 is 36.6 Å². The van der Waals surface area contributed by atoms with Crippen LogP contribution in [0, 0.1) is 0 Å². The van der Waals surface area contributed by atoms with Gasteiger partial charge in [-0.3, -0.25) is 4.79 Å². The third-order valence-electron chi connectivity index (χ3n) is 7.52. The number of benzene rings is 1. The minimum Gasteiger partial charge on any atom is -0.329 e. The molecule has 2 fully saturated rings. The van der Waals surface area contributed by atoms with E-state index >= 15 is 0 Å². The highest BCUT2D eigenvalue weighted by Gasteiger charge is 2.48. The fourth-order valence-electron chi connectivity index (χ4n) is 5.67. The van der Waals surface area contributed by atoms with Crippen LogP contribution in [0.5, 0.6) is 0 Å². The first-order valence-electron chi connectivity index (χ1n) is 12.2. The number of thioether (sulfide) groups is 1. The smallest absolute Gasteiger partial charge is 0.329 e. The van der Waals surface area contributed by atoms with Gasteiger partial charge in [0.15, 0.2) is 11.4 Å². The lowest BCUT2D eigenvalue weighted by atomic mass is 9.93. The topological polar surface area (TPSA) is 41.4 Å². The molecule has 204 valence electrons. The quantitative estimate of drug-likeness (QED) is 0.442. The maximum absolute atomic E-state index is 13.6. The van der Waals surface area contributed by atoms with E-state index in [0.29, 0.717) is 48.4 Å². The number of nitrogens with zero attached hydrogens (tertiary/aromatic N) is 5. The predicted molar refractivity (Wildman–Crippen MR) is 146 cm³/mol. The summed E-state index contributed by atoms with van der Waals surface area (Å²) in [6.07, 6.45) is 5.17. The number of hydrogen-bond donors (Lipinski definition) is 0. The molecule has 6 rings (SSSR count). The first-order valence-corrected chi connectivity index (χ1v) is 13.3. The van der Waals surface area contributed by atoms with Crippen molar-refractivity contribution in [2.24, 2.45) is 0 Å². The van der Waals surface area contributed by atoms with Crippen molar-refractivity contribution in [3.63, 3.8) is 0 Å². The summed E-state index contributed by atoms with van der Waals surface area (Å²) in [6.45, 7) is 2.80. The summed E-state index contributed by atoms with van der Waals surface area (Å²) in [4.78, 5) is 15.0. The van der Waals surface area contributed by atoms with Crippen LogP contribution in [0.25, 0.3) is 5.69 Å². The Morgan fingerprint density at radius 2 is 1.82 bits per heavy atom. The number of allylic oxidation sites excluding steroid dienone is 3. The first kappa shape index (κ1) is 28.8. The number of para-hydroxylation sites is 1. The van der Waals surface area contributed by atoms with Crippen molar-refractivity contribution in [3.05, 3.63) is 83.5 Å². The average molecular weight is 588 g/mol. The second-order valence-corrected chi connectivity index (χ2v) is 10.7. The number of halogens is 5. The highest BCUT2D eigenvalue weighted by molar-refractivity contribution is 7.99. The molecule has 4 aliphatic rings. The fraction of sp³-hybridized carbons (Fsp3) is 0.385. The van der Waals surface area contributed by atoms with Gasteiger partial charge in [-0.2, -0.15) is 22.9 Å². The number of fused-ring (bicyclic) bond motifs is 1. The number of hydrogen-bond acceptors (Lipinski definition) is 4. The molecule has 38 heavy (non-hydrogen) atoms. The lowest BCUT2D eigenvalue weighted by Gasteiger charge is -2.43. The standard InChI is InChI=1S/C26H27F3N5OS.2ClH/c27-26(28,29)24-16-23(33(30-24)21-5-2-1-3-6-21)19-8-10-32(11-9-19)34-13-4-7-22(34)15-20(17-34)25(35)31-12-14-36-18-31;;/h1-7,13,15-16,19H,8-12,14,17-18H2;2*1H/q+1;;/t34-;;/m1../s1. The highest BCUT2D eigenvalue weighted by atomic mass is 35.5. The summed E-state index contributed by atoms with van der Waals surface area (Å²) >= 11 is 1.77. The van der Waals surface area contributed by atoms with Crippen LogP contribution in [0.15, 0.2) is 72.1 Å². The zero-order valence-electron chi connectivity index (χ0n) is 20.5. The molecule has 1 aromatic heterocycles. The van der Waals surface area contributed by atoms with Gasteiger partial charge >= 0.3 is 6.18 Å². The average Bonchev–Trinajstić information content (AvgIpc) is 3.67. The summed E-state index contributed by atoms with van der Waals surface area (Å²) in [6, 6.07) is 10.2. The van der Waals surface area contributed by atoms with E-state index in [0.717, 1.165) is 29.4 Å². The number of carbonyl (C=O) groups excluding carboxylic acids is 1. The molecule has 0 saturated carbocycles. The van der Waals surface area contributed by atoms with Crippen LogP contribution in [0.1, 0.15) is 30.1 Å². The Balaban J connectivity index is 0.00000168. The molecule has 0 radical (unpaired) electrons. The molecule has 0 bridgehead atoms. The molecule has 0 unspecified atom stereocenters. The SMILES string of the molecule is Cl.Cl.O=C(C1=CC2=CC=C[N@@+]2(N2CCC(c3cc(C(F)(F)F)nn3-c3ccccc3)CC2)C1)N1CCSC1. The van der Waals surface area contributed by atoms with Gasteiger partial charge in [0.1, 0.15) is 12.7 Å². The molecule has 2 saturated heterocycles. The Morgan fingerprint density at radius 3 is 2.47 bits per heavy atom. The summed E-state index contributed by atoms with van der Waals surface area (Å²) in [5.74, 6) is 1.79. The molecule has 0 aliphatic carbocycles. The Labute approximate surface area is 236 Å². The largest absolute Gasteiger partial charge is 0.435 e.